The Bertz CT molecular complexity index is 499. The highest BCUT2D eigenvalue weighted by molar-refractivity contribution is 7.85. The lowest BCUT2D eigenvalue weighted by atomic mass is 9.95. The maximum absolute atomic E-state index is 11.1. The van der Waals surface area contributed by atoms with E-state index in [9.17, 15) is 8.42 Å². The van der Waals surface area contributed by atoms with Crippen LogP contribution in [0.5, 0.6) is 0 Å². The smallest absolute Gasteiger partial charge is 0.282 e. The normalized spacial score (nSPS) is 17.5. The van der Waals surface area contributed by atoms with Crippen LogP contribution in [0, 0.1) is 12.8 Å². The van der Waals surface area contributed by atoms with Crippen molar-refractivity contribution in [3.05, 3.63) is 29.3 Å². The Labute approximate surface area is 103 Å². The molecule has 0 radical (unpaired) electrons. The van der Waals surface area contributed by atoms with Gasteiger partial charge in [0.25, 0.3) is 10.1 Å². The van der Waals surface area contributed by atoms with E-state index in [0.717, 1.165) is 17.5 Å². The van der Waals surface area contributed by atoms with Gasteiger partial charge in [0.05, 0.1) is 4.90 Å². The summed E-state index contributed by atoms with van der Waals surface area (Å²) in [5.41, 5.74) is 2.15. The first-order valence-corrected chi connectivity index (χ1v) is 7.48. The molecule has 94 valence electrons. The van der Waals surface area contributed by atoms with Gasteiger partial charge >= 0.3 is 0 Å². The van der Waals surface area contributed by atoms with Crippen LogP contribution in [0.1, 0.15) is 36.8 Å². The Morgan fingerprint density at radius 3 is 2.53 bits per heavy atom. The number of rotatable bonds is 3. The molecule has 0 saturated heterocycles. The molecule has 3 nitrogen and oxygen atoms in total. The Hall–Kier alpha value is -0.870. The third kappa shape index (κ3) is 3.07. The third-order valence-corrected chi connectivity index (χ3v) is 4.45. The van der Waals surface area contributed by atoms with Gasteiger partial charge in [-0.1, -0.05) is 31.7 Å². The fourth-order valence-electron chi connectivity index (χ4n) is 2.55. The second-order valence-electron chi connectivity index (χ2n) is 4.92. The van der Waals surface area contributed by atoms with Crippen molar-refractivity contribution in [3.8, 4) is 0 Å². The highest BCUT2D eigenvalue weighted by Gasteiger charge is 2.18. The zero-order chi connectivity index (χ0) is 12.5. The minimum atomic E-state index is -4.08. The molecule has 0 aromatic heterocycles. The minimum absolute atomic E-state index is 0.0103. The van der Waals surface area contributed by atoms with E-state index in [1.54, 1.807) is 12.1 Å². The highest BCUT2D eigenvalue weighted by atomic mass is 32.2. The van der Waals surface area contributed by atoms with E-state index >= 15 is 0 Å². The molecule has 4 heteroatoms. The van der Waals surface area contributed by atoms with Gasteiger partial charge in [-0.3, -0.25) is 4.55 Å². The van der Waals surface area contributed by atoms with Crippen LogP contribution in [-0.2, 0) is 16.5 Å². The van der Waals surface area contributed by atoms with Gasteiger partial charge in [0, 0.05) is 0 Å². The van der Waals surface area contributed by atoms with Crippen LogP contribution in [0.3, 0.4) is 0 Å². The highest BCUT2D eigenvalue weighted by Crippen LogP contribution is 2.29. The van der Waals surface area contributed by atoms with Crippen molar-refractivity contribution in [1.82, 2.24) is 0 Å². The van der Waals surface area contributed by atoms with Crippen LogP contribution in [0.4, 0.5) is 0 Å². The largest absolute Gasteiger partial charge is 0.294 e. The predicted molar refractivity (Wildman–Crippen MR) is 66.7 cm³/mol. The molecular formula is C13H18O3S. The van der Waals surface area contributed by atoms with Crippen LogP contribution < -0.4 is 0 Å². The summed E-state index contributed by atoms with van der Waals surface area (Å²) in [6, 6.07) is 4.85. The van der Waals surface area contributed by atoms with Crippen LogP contribution in [0.15, 0.2) is 23.1 Å². The van der Waals surface area contributed by atoms with Crippen molar-refractivity contribution in [1.29, 1.82) is 0 Å². The summed E-state index contributed by atoms with van der Waals surface area (Å²) in [6.45, 7) is 1.98. The summed E-state index contributed by atoms with van der Waals surface area (Å²) in [4.78, 5) is 0.0103. The summed E-state index contributed by atoms with van der Waals surface area (Å²) in [5.74, 6) is 0.672. The number of hydrogen-bond donors (Lipinski definition) is 1. The Morgan fingerprint density at radius 1 is 1.29 bits per heavy atom. The lowest BCUT2D eigenvalue weighted by molar-refractivity contribution is 0.482. The maximum atomic E-state index is 11.1. The summed E-state index contributed by atoms with van der Waals surface area (Å²) < 4.78 is 31.2. The topological polar surface area (TPSA) is 54.4 Å². The van der Waals surface area contributed by atoms with Crippen molar-refractivity contribution in [3.63, 3.8) is 0 Å². The van der Waals surface area contributed by atoms with Gasteiger partial charge in [0.2, 0.25) is 0 Å². The zero-order valence-corrected chi connectivity index (χ0v) is 10.8. The molecule has 0 amide bonds. The van der Waals surface area contributed by atoms with Crippen LogP contribution in [-0.4, -0.2) is 13.0 Å². The molecule has 1 N–H and O–H groups in total. The second-order valence-corrected chi connectivity index (χ2v) is 6.34. The Balaban J connectivity index is 2.26. The standard InChI is InChI=1S/C13H18O3S/c1-10-6-7-13(17(14,15)16)9-12(10)8-11-4-2-3-5-11/h6-7,9,11H,2-5,8H2,1H3,(H,14,15,16). The first-order chi connectivity index (χ1) is 7.97. The molecule has 0 aliphatic heterocycles. The molecule has 0 unspecified atom stereocenters. The average molecular weight is 254 g/mol. The quantitative estimate of drug-likeness (QED) is 0.844. The van der Waals surface area contributed by atoms with Crippen molar-refractivity contribution in [2.45, 2.75) is 43.9 Å². The molecule has 0 spiro atoms. The van der Waals surface area contributed by atoms with Gasteiger partial charge in [0.15, 0.2) is 0 Å². The van der Waals surface area contributed by atoms with Gasteiger partial charge < -0.3 is 0 Å². The van der Waals surface area contributed by atoms with Gasteiger partial charge in [-0.15, -0.1) is 0 Å². The molecule has 0 heterocycles. The zero-order valence-electron chi connectivity index (χ0n) is 10.0. The maximum Gasteiger partial charge on any atom is 0.294 e. The fourth-order valence-corrected chi connectivity index (χ4v) is 3.08. The molecule has 2 rings (SSSR count). The number of hydrogen-bond acceptors (Lipinski definition) is 2. The molecule has 0 bridgehead atoms. The first kappa shape index (κ1) is 12.6. The van der Waals surface area contributed by atoms with Gasteiger partial charge in [-0.05, 0) is 42.5 Å². The summed E-state index contributed by atoms with van der Waals surface area (Å²) in [7, 11) is -4.08. The van der Waals surface area contributed by atoms with Crippen molar-refractivity contribution in [2.24, 2.45) is 5.92 Å². The lowest BCUT2D eigenvalue weighted by Gasteiger charge is -2.12. The van der Waals surface area contributed by atoms with Gasteiger partial charge in [-0.25, -0.2) is 0 Å². The molecule has 1 aliphatic carbocycles. The summed E-state index contributed by atoms with van der Waals surface area (Å²) in [5, 5.41) is 0. The van der Waals surface area contributed by atoms with Gasteiger partial charge in [0.1, 0.15) is 0 Å². The van der Waals surface area contributed by atoms with Crippen molar-refractivity contribution < 1.29 is 13.0 Å². The molecule has 1 aromatic rings. The first-order valence-electron chi connectivity index (χ1n) is 6.04. The van der Waals surface area contributed by atoms with Gasteiger partial charge in [-0.2, -0.15) is 8.42 Å². The van der Waals surface area contributed by atoms with E-state index < -0.39 is 10.1 Å². The molecular weight excluding hydrogens is 236 g/mol. The van der Waals surface area contributed by atoms with Crippen molar-refractivity contribution >= 4 is 10.1 Å². The van der Waals surface area contributed by atoms with Crippen LogP contribution >= 0.6 is 0 Å². The van der Waals surface area contributed by atoms with E-state index in [1.807, 2.05) is 6.92 Å². The Kier molecular flexibility index (Phi) is 3.54. The third-order valence-electron chi connectivity index (χ3n) is 3.60. The van der Waals surface area contributed by atoms with Crippen molar-refractivity contribution in [2.75, 3.05) is 0 Å². The minimum Gasteiger partial charge on any atom is -0.282 e. The lowest BCUT2D eigenvalue weighted by Crippen LogP contribution is -2.04. The molecule has 1 saturated carbocycles. The Morgan fingerprint density at radius 2 is 1.94 bits per heavy atom. The number of benzene rings is 1. The van der Waals surface area contributed by atoms with E-state index in [4.69, 9.17) is 4.55 Å². The molecule has 1 fully saturated rings. The van der Waals surface area contributed by atoms with E-state index in [2.05, 4.69) is 0 Å². The number of aryl methyl sites for hydroxylation is 1. The average Bonchev–Trinajstić information content (AvgIpc) is 2.72. The monoisotopic (exact) mass is 254 g/mol. The second kappa shape index (κ2) is 4.78. The van der Waals surface area contributed by atoms with E-state index in [1.165, 1.54) is 31.7 Å². The molecule has 1 aromatic carbocycles. The van der Waals surface area contributed by atoms with E-state index in [-0.39, 0.29) is 4.90 Å². The fraction of sp³-hybridized carbons (Fsp3) is 0.538. The predicted octanol–water partition coefficient (Wildman–Crippen LogP) is 2.97. The molecule has 0 atom stereocenters. The van der Waals surface area contributed by atoms with Crippen LogP contribution in [0.2, 0.25) is 0 Å². The summed E-state index contributed by atoms with van der Waals surface area (Å²) >= 11 is 0. The van der Waals surface area contributed by atoms with E-state index in [0.29, 0.717) is 5.92 Å². The molecule has 17 heavy (non-hydrogen) atoms. The summed E-state index contributed by atoms with van der Waals surface area (Å²) in [6.07, 6.45) is 5.95. The molecule has 1 aliphatic rings. The SMILES string of the molecule is Cc1ccc(S(=O)(=O)O)cc1CC1CCCC1. The van der Waals surface area contributed by atoms with Crippen LogP contribution in [0.25, 0.3) is 0 Å².